The molecule has 28 heteroatoms. The molecule has 5 saturated carbocycles. The molecule has 5 aliphatic carbocycles. The van der Waals surface area contributed by atoms with E-state index in [4.69, 9.17) is 40.8 Å². The lowest BCUT2D eigenvalue weighted by molar-refractivity contribution is -0.148. The number of carbonyl (C=O) groups is 4. The van der Waals surface area contributed by atoms with Crippen molar-refractivity contribution in [2.24, 2.45) is 11.8 Å². The van der Waals surface area contributed by atoms with E-state index in [9.17, 15) is 39.6 Å². The second kappa shape index (κ2) is 40.7. The molecule has 8 aromatic rings. The van der Waals surface area contributed by atoms with Gasteiger partial charge >= 0.3 is 35.9 Å². The van der Waals surface area contributed by atoms with Crippen molar-refractivity contribution in [1.82, 2.24) is 29.9 Å². The van der Waals surface area contributed by atoms with E-state index in [1.54, 1.807) is 69.2 Å². The van der Waals surface area contributed by atoms with E-state index in [-0.39, 0.29) is 6.04 Å². The predicted octanol–water partition coefficient (Wildman–Crippen LogP) is 18.6. The lowest BCUT2D eigenvalue weighted by atomic mass is 9.64. The number of carboxylic acid groups (broad SMARTS) is 4. The second-order valence-electron chi connectivity index (χ2n) is 34.0. The van der Waals surface area contributed by atoms with E-state index in [0.717, 1.165) is 188 Å². The molecule has 2 saturated heterocycles. The van der Waals surface area contributed by atoms with Crippen LogP contribution < -0.4 is 50.3 Å². The third-order valence-electron chi connectivity index (χ3n) is 25.0. The standard InChI is InChI=1S/C24H32N4O4.C24H28N4O2.C23H28ClN3O3.C23H32N4O3/c1-3-28(19-8-12-31-13-9-19)21-7-6-17(24(22(29)30)10-5-11-24)14-20(21)27-18-15-25-23(26-16-18)32-4-2;1-16(2)28(15-18-4-5-18)22-21(27-20-8-6-17(13-25)7-9-20)12-19(14-26-22)24(23(29)30)10-3-11-24;1-2-27(18-8-12-30-13-9-18)20-6-4-16(23(22(28)29)10-3-11-23)14-19(20)26-21-7-5-17(24)15-25-21;1-6-30-22-24-12-18(13-25-22)26-19-11-17(23(4,5)21(28)29)9-10-20(19)27(15(2)3)14-16-7-8-16/h6-7,14-16,19,27H,3-5,8-13H2,1-2H3,(H,29,30);6-9,12,14,16,18,27H,3-5,10-11,15H2,1-2H3,(H,29,30);4-7,14-15,18H,2-3,8-13H2,1H3,(H,25,26)(H,28,29);9-13,15-16,26H,6-8,14H2,1-5H3,(H,28,29). The number of anilines is 12. The maximum atomic E-state index is 12.1. The fourth-order valence-corrected chi connectivity index (χ4v) is 16.8. The third-order valence-corrected chi connectivity index (χ3v) is 25.2. The molecule has 0 atom stereocenters. The summed E-state index contributed by atoms with van der Waals surface area (Å²) in [4.78, 5) is 83.6. The van der Waals surface area contributed by atoms with E-state index >= 15 is 0 Å². The van der Waals surface area contributed by atoms with Crippen LogP contribution in [0.2, 0.25) is 5.02 Å². The Kier molecular flexibility index (Phi) is 30.1. The molecule has 8 N–H and O–H groups in total. The zero-order chi connectivity index (χ0) is 86.9. The zero-order valence-corrected chi connectivity index (χ0v) is 72.9. The van der Waals surface area contributed by atoms with E-state index in [1.165, 1.54) is 25.7 Å². The van der Waals surface area contributed by atoms with Crippen molar-refractivity contribution in [3.63, 3.8) is 0 Å². The number of hydrogen-bond acceptors (Lipinski definition) is 23. The van der Waals surface area contributed by atoms with Gasteiger partial charge in [0.2, 0.25) is 0 Å². The number of aliphatic carboxylic acids is 4. The van der Waals surface area contributed by atoms with Gasteiger partial charge in [0.05, 0.1) is 128 Å². The van der Waals surface area contributed by atoms with E-state index in [2.05, 4.69) is 126 Å². The summed E-state index contributed by atoms with van der Waals surface area (Å²) >= 11 is 5.99. The molecule has 7 fully saturated rings. The molecule has 0 radical (unpaired) electrons. The number of halogens is 1. The predicted molar refractivity (Wildman–Crippen MR) is 478 cm³/mol. The summed E-state index contributed by atoms with van der Waals surface area (Å²) in [6, 6.07) is 35.1. The molecular weight excluding hydrogens is 1570 g/mol. The lowest BCUT2D eigenvalue weighted by Crippen LogP contribution is -2.42. The van der Waals surface area contributed by atoms with Crippen molar-refractivity contribution in [2.45, 2.75) is 224 Å². The summed E-state index contributed by atoms with van der Waals surface area (Å²) in [5, 5.41) is 62.8. The van der Waals surface area contributed by atoms with E-state index < -0.39 is 45.5 Å². The van der Waals surface area contributed by atoms with Gasteiger partial charge in [-0.05, 0) is 272 Å². The van der Waals surface area contributed by atoms with Crippen LogP contribution in [0.15, 0.2) is 134 Å². The topological polar surface area (TPSA) is 348 Å². The van der Waals surface area contributed by atoms with Crippen LogP contribution in [-0.4, -0.2) is 164 Å². The highest BCUT2D eigenvalue weighted by Gasteiger charge is 2.49. The fraction of sp³-hybridized carbons (Fsp3) is 0.500. The van der Waals surface area contributed by atoms with Gasteiger partial charge in [0.25, 0.3) is 0 Å². The van der Waals surface area contributed by atoms with Crippen LogP contribution in [0.4, 0.5) is 68.5 Å². The highest BCUT2D eigenvalue weighted by Crippen LogP contribution is 2.50. The number of nitriles is 1. The van der Waals surface area contributed by atoms with Crippen LogP contribution in [0.5, 0.6) is 12.0 Å². The summed E-state index contributed by atoms with van der Waals surface area (Å²) in [5.41, 5.74) is 9.29. The number of nitrogens with zero attached hydrogens (tertiary/aromatic N) is 11. The summed E-state index contributed by atoms with van der Waals surface area (Å²) in [6.07, 6.45) is 25.8. The molecule has 0 spiro atoms. The number of aromatic nitrogens is 6. The lowest BCUT2D eigenvalue weighted by Gasteiger charge is -2.40. The number of pyridine rings is 2. The number of ether oxygens (including phenoxy) is 4. The first-order valence-corrected chi connectivity index (χ1v) is 43.8. The summed E-state index contributed by atoms with van der Waals surface area (Å²) < 4.78 is 21.8. The number of rotatable bonds is 34. The van der Waals surface area contributed by atoms with Gasteiger partial charge in [0.15, 0.2) is 5.82 Å². The Labute approximate surface area is 721 Å². The van der Waals surface area contributed by atoms with Crippen LogP contribution in [0, 0.1) is 23.2 Å². The highest BCUT2D eigenvalue weighted by molar-refractivity contribution is 6.30. The van der Waals surface area contributed by atoms with E-state index in [1.807, 2.05) is 80.6 Å². The van der Waals surface area contributed by atoms with Crippen LogP contribution in [-0.2, 0) is 50.3 Å². The molecule has 4 aromatic heterocycles. The molecule has 15 rings (SSSR count). The van der Waals surface area contributed by atoms with Gasteiger partial charge in [-0.15, -0.1) is 0 Å². The average molecular weight is 1690 g/mol. The number of hydrogen-bond donors (Lipinski definition) is 8. The fourth-order valence-electron chi connectivity index (χ4n) is 16.7. The molecule has 2 aliphatic heterocycles. The van der Waals surface area contributed by atoms with Gasteiger partial charge in [0, 0.05) is 94.9 Å². The Morgan fingerprint density at radius 2 is 0.926 bits per heavy atom. The van der Waals surface area contributed by atoms with Crippen LogP contribution >= 0.6 is 11.6 Å². The first kappa shape index (κ1) is 90.2. The quantitative estimate of drug-likeness (QED) is 0.0186. The molecule has 6 heterocycles. The van der Waals surface area contributed by atoms with Gasteiger partial charge < -0.3 is 80.2 Å². The first-order chi connectivity index (χ1) is 58.7. The first-order valence-electron chi connectivity index (χ1n) is 43.4. The summed E-state index contributed by atoms with van der Waals surface area (Å²) in [5.74, 6) is -0.158. The molecule has 7 aliphatic rings. The molecule has 0 unspecified atom stereocenters. The maximum absolute atomic E-state index is 12.1. The van der Waals surface area contributed by atoms with Crippen molar-refractivity contribution in [3.05, 3.63) is 167 Å². The summed E-state index contributed by atoms with van der Waals surface area (Å²) in [6.45, 7) is 27.9. The highest BCUT2D eigenvalue weighted by atomic mass is 35.5. The maximum Gasteiger partial charge on any atom is 0.316 e. The van der Waals surface area contributed by atoms with Gasteiger partial charge in [-0.1, -0.05) is 49.1 Å². The minimum Gasteiger partial charge on any atom is -0.481 e. The minimum absolute atomic E-state index is 0.280. The second-order valence-corrected chi connectivity index (χ2v) is 34.4. The van der Waals surface area contributed by atoms with Gasteiger partial charge in [-0.3, -0.25) is 19.2 Å². The minimum atomic E-state index is -0.997. The third kappa shape index (κ3) is 21.5. The smallest absolute Gasteiger partial charge is 0.316 e. The Hall–Kier alpha value is -11.1. The van der Waals surface area contributed by atoms with Crippen LogP contribution in [0.1, 0.15) is 206 Å². The Balaban J connectivity index is 0.000000149. The van der Waals surface area contributed by atoms with Crippen molar-refractivity contribution < 1.29 is 58.6 Å². The summed E-state index contributed by atoms with van der Waals surface area (Å²) in [7, 11) is 0. The normalized spacial score (nSPS) is 16.9. The SMILES string of the molecule is CC(C)N(CC1CC1)c1ncc(C2(C(=O)O)CCC2)cc1Nc1ccc(C#N)cc1.CCN(c1ccc(C2(C(=O)O)CCC2)cc1Nc1ccc(Cl)cn1)C1CCOCC1.CCOc1ncc(Nc2cc(C(C)(C)C(=O)O)ccc2N(CC2CC2)C(C)C)cn1.CCOc1ncc(Nc2cc(C3(C(=O)O)CCC3)ccc2N(CC)C2CCOCC2)cn1. The van der Waals surface area contributed by atoms with Crippen LogP contribution in [0.25, 0.3) is 0 Å². The van der Waals surface area contributed by atoms with E-state index in [0.29, 0.717) is 104 Å². The largest absolute Gasteiger partial charge is 0.481 e. The van der Waals surface area contributed by atoms with Gasteiger partial charge in [-0.2, -0.15) is 5.26 Å². The molecule has 650 valence electrons. The number of carboxylic acids is 4. The van der Waals surface area contributed by atoms with Crippen molar-refractivity contribution in [3.8, 4) is 18.1 Å². The molecule has 0 amide bonds. The Bertz CT molecular complexity index is 4890. The van der Waals surface area contributed by atoms with Gasteiger partial charge in [-0.25, -0.2) is 29.9 Å². The van der Waals surface area contributed by atoms with Crippen molar-refractivity contribution in [2.75, 3.05) is 107 Å². The number of benzene rings is 4. The molecule has 0 bridgehead atoms. The average Bonchev–Trinajstić information content (AvgIpc) is 1.56. The molecule has 27 nitrogen and oxygen atoms in total. The molecule has 122 heavy (non-hydrogen) atoms. The van der Waals surface area contributed by atoms with Gasteiger partial charge in [0.1, 0.15) is 5.82 Å². The zero-order valence-electron chi connectivity index (χ0n) is 72.1. The molecular formula is C94H120ClN15O12. The monoisotopic (exact) mass is 1690 g/mol. The van der Waals surface area contributed by atoms with Crippen molar-refractivity contribution >= 4 is 104 Å². The molecule has 4 aromatic carbocycles. The van der Waals surface area contributed by atoms with Crippen molar-refractivity contribution in [1.29, 1.82) is 5.26 Å². The number of nitrogens with one attached hydrogen (secondary N) is 4. The van der Waals surface area contributed by atoms with Crippen LogP contribution in [0.3, 0.4) is 0 Å². The Morgan fingerprint density at radius 1 is 0.500 bits per heavy atom. The Morgan fingerprint density at radius 3 is 1.32 bits per heavy atom.